The Labute approximate surface area is 364 Å². The summed E-state index contributed by atoms with van der Waals surface area (Å²) in [7, 11) is 3.62. The van der Waals surface area contributed by atoms with Gasteiger partial charge in [-0.2, -0.15) is 0 Å². The lowest BCUT2D eigenvalue weighted by Gasteiger charge is -2.23. The van der Waals surface area contributed by atoms with Gasteiger partial charge in [0.15, 0.2) is 5.82 Å². The summed E-state index contributed by atoms with van der Waals surface area (Å²) in [6, 6.07) is 0. The van der Waals surface area contributed by atoms with E-state index in [-0.39, 0.29) is 18.0 Å². The van der Waals surface area contributed by atoms with Crippen LogP contribution in [0.3, 0.4) is 0 Å². The molecule has 1 N–H and O–H groups in total. The van der Waals surface area contributed by atoms with Crippen LogP contribution >= 0.6 is 0 Å². The Kier molecular flexibility index (Phi) is 42.0. The first-order chi connectivity index (χ1) is 28.7. The summed E-state index contributed by atoms with van der Waals surface area (Å²) in [6.07, 6.45) is 39.6. The van der Waals surface area contributed by atoms with E-state index in [9.17, 15) is 19.7 Å². The van der Waals surface area contributed by atoms with Crippen molar-refractivity contribution in [3.8, 4) is 0 Å². The third-order valence-electron chi connectivity index (χ3n) is 11.4. The number of hydrogen-bond donors (Lipinski definition) is 1. The lowest BCUT2D eigenvalue weighted by molar-refractivity contribution is -0.404. The number of ether oxygens (including phenoxy) is 2. The zero-order chi connectivity index (χ0) is 43.4. The van der Waals surface area contributed by atoms with E-state index in [1.165, 1.54) is 109 Å². The smallest absolute Gasteiger partial charge is 0.306 e. The molecule has 0 saturated heterocycles. The van der Waals surface area contributed by atoms with Crippen molar-refractivity contribution in [2.45, 2.75) is 245 Å². The van der Waals surface area contributed by atoms with Gasteiger partial charge in [-0.25, -0.2) is 0 Å². The Morgan fingerprint density at radius 3 is 1.44 bits per heavy atom. The summed E-state index contributed by atoms with van der Waals surface area (Å²) in [6.45, 7) is 11.0. The van der Waals surface area contributed by atoms with Crippen molar-refractivity contribution in [3.05, 3.63) is 22.1 Å². The van der Waals surface area contributed by atoms with Gasteiger partial charge < -0.3 is 24.6 Å². The normalized spacial score (nSPS) is 11.7. The molecular weight excluding hydrogens is 741 g/mol. The van der Waals surface area contributed by atoms with Crippen molar-refractivity contribution in [3.63, 3.8) is 0 Å². The zero-order valence-electron chi connectivity index (χ0n) is 39.5. The Morgan fingerprint density at radius 2 is 0.966 bits per heavy atom. The molecule has 0 aromatic heterocycles. The van der Waals surface area contributed by atoms with E-state index in [4.69, 9.17) is 9.47 Å². The van der Waals surface area contributed by atoms with E-state index in [0.717, 1.165) is 122 Å². The summed E-state index contributed by atoms with van der Waals surface area (Å²) in [5, 5.41) is 14.3. The van der Waals surface area contributed by atoms with Crippen molar-refractivity contribution in [2.75, 3.05) is 46.9 Å². The fourth-order valence-corrected chi connectivity index (χ4v) is 7.67. The molecule has 0 amide bonds. The predicted molar refractivity (Wildman–Crippen MR) is 248 cm³/mol. The lowest BCUT2D eigenvalue weighted by atomic mass is 10.0. The highest BCUT2D eigenvalue weighted by molar-refractivity contribution is 5.69. The number of nitrogens with one attached hydrogen (secondary N) is 1. The molecule has 0 aromatic rings. The van der Waals surface area contributed by atoms with Gasteiger partial charge in [-0.15, -0.1) is 0 Å². The molecule has 10 heteroatoms. The van der Waals surface area contributed by atoms with E-state index in [1.807, 2.05) is 14.1 Å². The quantitative estimate of drug-likeness (QED) is 0.0277. The molecule has 0 radical (unpaired) electrons. The molecule has 0 unspecified atom stereocenters. The highest BCUT2D eigenvalue weighted by Crippen LogP contribution is 2.19. The summed E-state index contributed by atoms with van der Waals surface area (Å²) in [4.78, 5) is 39.8. The molecule has 0 heterocycles. The zero-order valence-corrected chi connectivity index (χ0v) is 39.5. The minimum Gasteiger partial charge on any atom is -0.466 e. The molecule has 348 valence electrons. The maximum atomic E-state index is 12.8. The molecule has 10 nitrogen and oxygen atoms in total. The highest BCUT2D eigenvalue weighted by atomic mass is 16.6. The second-order valence-electron chi connectivity index (χ2n) is 17.4. The number of hydrogen-bond acceptors (Lipinski definition) is 9. The Hall–Kier alpha value is -2.36. The van der Waals surface area contributed by atoms with Gasteiger partial charge in [-0.05, 0) is 83.8 Å². The van der Waals surface area contributed by atoms with Crippen LogP contribution in [0.1, 0.15) is 239 Å². The standard InChI is InChI=1S/C49H96N4O6/c1-6-9-12-15-18-23-30-38-48(54)58-44-34-27-20-26-33-42-52(43-35-40-50-47(51(4)5)45-53(56)57)41-32-25-19-24-31-39-49(55)59-46(36-28-21-16-13-10-7-2)37-29-22-17-14-11-8-3/h45-46,50H,6-44H2,1-5H3/b47-45-. The van der Waals surface area contributed by atoms with Crippen LogP contribution in [0.15, 0.2) is 12.0 Å². The molecule has 0 aliphatic heterocycles. The Balaban J connectivity index is 4.54. The number of carbonyl (C=O) groups excluding carboxylic acids is 2. The third kappa shape index (κ3) is 40.8. The van der Waals surface area contributed by atoms with Gasteiger partial charge in [0.05, 0.1) is 11.5 Å². The van der Waals surface area contributed by atoms with E-state index >= 15 is 0 Å². The Morgan fingerprint density at radius 1 is 0.559 bits per heavy atom. The van der Waals surface area contributed by atoms with Gasteiger partial charge in [-0.1, -0.05) is 162 Å². The molecule has 0 aromatic carbocycles. The van der Waals surface area contributed by atoms with Gasteiger partial charge >= 0.3 is 11.9 Å². The first kappa shape index (κ1) is 56.6. The number of unbranched alkanes of at least 4 members (excludes halogenated alkanes) is 24. The summed E-state index contributed by atoms with van der Waals surface area (Å²) >= 11 is 0. The summed E-state index contributed by atoms with van der Waals surface area (Å²) in [5.41, 5.74) is 0. The van der Waals surface area contributed by atoms with Gasteiger partial charge in [-0.3, -0.25) is 19.7 Å². The fraction of sp³-hybridized carbons (Fsp3) is 0.918. The van der Waals surface area contributed by atoms with Gasteiger partial charge in [0.2, 0.25) is 0 Å². The molecular formula is C49H96N4O6. The number of nitrogens with zero attached hydrogens (tertiary/aromatic N) is 3. The second-order valence-corrected chi connectivity index (χ2v) is 17.4. The van der Waals surface area contributed by atoms with Crippen molar-refractivity contribution < 1.29 is 24.0 Å². The molecule has 0 rings (SSSR count). The van der Waals surface area contributed by atoms with Gasteiger partial charge in [0, 0.05) is 33.5 Å². The third-order valence-corrected chi connectivity index (χ3v) is 11.4. The molecule has 0 fully saturated rings. The summed E-state index contributed by atoms with van der Waals surface area (Å²) in [5.74, 6) is 0.469. The highest BCUT2D eigenvalue weighted by Gasteiger charge is 2.15. The number of esters is 2. The second kappa shape index (κ2) is 43.7. The van der Waals surface area contributed by atoms with Gasteiger partial charge in [0.25, 0.3) is 6.20 Å². The van der Waals surface area contributed by atoms with Crippen molar-refractivity contribution in [1.82, 2.24) is 15.1 Å². The van der Waals surface area contributed by atoms with E-state index < -0.39 is 4.92 Å². The maximum Gasteiger partial charge on any atom is 0.306 e. The number of nitro groups is 1. The van der Waals surface area contributed by atoms with Crippen molar-refractivity contribution in [2.24, 2.45) is 0 Å². The SMILES string of the molecule is CCCCCCCCCC(=O)OCCCCCCCN(CCCCCCCC(=O)OC(CCCCCCCC)CCCCCCCC)CCCN/C(=C/[N+](=O)[O-])N(C)C. The van der Waals surface area contributed by atoms with E-state index in [2.05, 4.69) is 31.0 Å². The number of rotatable bonds is 46. The van der Waals surface area contributed by atoms with Crippen LogP contribution in [0, 0.1) is 10.1 Å². The van der Waals surface area contributed by atoms with Crippen LogP contribution < -0.4 is 5.32 Å². The molecule has 0 bridgehead atoms. The van der Waals surface area contributed by atoms with Crippen LogP contribution in [-0.4, -0.2) is 79.6 Å². The Bertz CT molecular complexity index is 978. The molecule has 0 aliphatic carbocycles. The van der Waals surface area contributed by atoms with Crippen LogP contribution in [0.25, 0.3) is 0 Å². The topological polar surface area (TPSA) is 114 Å². The minimum atomic E-state index is -0.413. The average molecular weight is 837 g/mol. The maximum absolute atomic E-state index is 12.8. The van der Waals surface area contributed by atoms with Crippen molar-refractivity contribution >= 4 is 11.9 Å². The monoisotopic (exact) mass is 837 g/mol. The molecule has 59 heavy (non-hydrogen) atoms. The molecule has 0 spiro atoms. The molecule has 0 atom stereocenters. The van der Waals surface area contributed by atoms with E-state index in [1.54, 1.807) is 4.90 Å². The van der Waals surface area contributed by atoms with Gasteiger partial charge in [0.1, 0.15) is 6.10 Å². The number of carbonyl (C=O) groups is 2. The molecule has 0 aliphatic rings. The summed E-state index contributed by atoms with van der Waals surface area (Å²) < 4.78 is 11.5. The minimum absolute atomic E-state index is 0.00273. The van der Waals surface area contributed by atoms with Crippen LogP contribution in [0.4, 0.5) is 0 Å². The first-order valence-electron chi connectivity index (χ1n) is 25.1. The van der Waals surface area contributed by atoms with Crippen LogP contribution in [0.5, 0.6) is 0 Å². The van der Waals surface area contributed by atoms with E-state index in [0.29, 0.717) is 31.8 Å². The largest absolute Gasteiger partial charge is 0.466 e. The lowest BCUT2D eigenvalue weighted by Crippen LogP contribution is -2.32. The van der Waals surface area contributed by atoms with Crippen LogP contribution in [0.2, 0.25) is 0 Å². The first-order valence-corrected chi connectivity index (χ1v) is 25.1. The van der Waals surface area contributed by atoms with Crippen molar-refractivity contribution in [1.29, 1.82) is 0 Å². The molecule has 0 saturated carbocycles. The van der Waals surface area contributed by atoms with Crippen LogP contribution in [-0.2, 0) is 19.1 Å². The fourth-order valence-electron chi connectivity index (χ4n) is 7.67. The average Bonchev–Trinajstić information content (AvgIpc) is 3.21. The predicted octanol–water partition coefficient (Wildman–Crippen LogP) is 13.3.